The van der Waals surface area contributed by atoms with E-state index in [2.05, 4.69) is 0 Å². The first kappa shape index (κ1) is 14.7. The molecular weight excluding hydrogens is 326 g/mol. The number of halogens is 4. The minimum atomic E-state index is -0.0808. The maximum atomic E-state index is 12.1. The fourth-order valence-corrected chi connectivity index (χ4v) is 2.38. The highest BCUT2D eigenvalue weighted by Crippen LogP contribution is 2.25. The molecule has 0 N–H and O–H groups in total. The van der Waals surface area contributed by atoms with Gasteiger partial charge in [-0.15, -0.1) is 0 Å². The lowest BCUT2D eigenvalue weighted by molar-refractivity contribution is 0.0993. The van der Waals surface area contributed by atoms with Gasteiger partial charge in [0.2, 0.25) is 0 Å². The van der Waals surface area contributed by atoms with Crippen molar-refractivity contribution in [1.29, 1.82) is 0 Å². The van der Waals surface area contributed by atoms with Crippen LogP contribution in [0.15, 0.2) is 36.4 Å². The van der Waals surface area contributed by atoms with Crippen LogP contribution in [0.25, 0.3) is 0 Å². The van der Waals surface area contributed by atoms with Crippen LogP contribution in [-0.4, -0.2) is 5.78 Å². The normalized spacial score (nSPS) is 10.5. The number of ketones is 1. The third-order valence-electron chi connectivity index (χ3n) is 2.61. The van der Waals surface area contributed by atoms with Crippen molar-refractivity contribution in [1.82, 2.24) is 0 Å². The summed E-state index contributed by atoms with van der Waals surface area (Å²) in [4.78, 5) is 12.1. The van der Waals surface area contributed by atoms with Crippen molar-refractivity contribution >= 4 is 52.2 Å². The summed E-state index contributed by atoms with van der Waals surface area (Å²) in [6, 6.07) is 9.84. The first-order chi connectivity index (χ1) is 8.97. The Labute approximate surface area is 131 Å². The van der Waals surface area contributed by atoms with Crippen molar-refractivity contribution in [3.8, 4) is 0 Å². The number of benzene rings is 2. The van der Waals surface area contributed by atoms with E-state index in [0.29, 0.717) is 25.7 Å². The van der Waals surface area contributed by atoms with Gasteiger partial charge in [0, 0.05) is 22.0 Å². The summed E-state index contributed by atoms with van der Waals surface area (Å²) in [5.41, 5.74) is 1.22. The molecule has 0 aliphatic rings. The van der Waals surface area contributed by atoms with Gasteiger partial charge < -0.3 is 0 Å². The lowest BCUT2D eigenvalue weighted by Crippen LogP contribution is -2.04. The van der Waals surface area contributed by atoms with Crippen molar-refractivity contribution in [3.05, 3.63) is 67.6 Å². The van der Waals surface area contributed by atoms with E-state index >= 15 is 0 Å². The van der Waals surface area contributed by atoms with Crippen LogP contribution in [0.1, 0.15) is 15.9 Å². The van der Waals surface area contributed by atoms with E-state index in [9.17, 15) is 4.79 Å². The summed E-state index contributed by atoms with van der Waals surface area (Å²) in [5, 5.41) is 1.79. The quantitative estimate of drug-likeness (QED) is 0.656. The Morgan fingerprint density at radius 1 is 0.842 bits per heavy atom. The van der Waals surface area contributed by atoms with Gasteiger partial charge in [0.25, 0.3) is 0 Å². The number of rotatable bonds is 3. The van der Waals surface area contributed by atoms with Gasteiger partial charge in [-0.25, -0.2) is 0 Å². The smallest absolute Gasteiger partial charge is 0.167 e. The molecule has 0 aliphatic carbocycles. The van der Waals surface area contributed by atoms with E-state index in [-0.39, 0.29) is 12.2 Å². The standard InChI is InChI=1S/C14H8Cl4O/c15-10-3-1-8(12(17)7-10)6-14(19)9-2-4-11(16)13(18)5-9/h1-5,7H,6H2. The van der Waals surface area contributed by atoms with Gasteiger partial charge in [-0.3, -0.25) is 4.79 Å². The monoisotopic (exact) mass is 332 g/mol. The first-order valence-electron chi connectivity index (χ1n) is 5.39. The molecule has 0 unspecified atom stereocenters. The molecule has 0 bridgehead atoms. The molecular formula is C14H8Cl4O. The van der Waals surface area contributed by atoms with E-state index in [1.54, 1.807) is 36.4 Å². The van der Waals surface area contributed by atoms with Crippen LogP contribution in [-0.2, 0) is 6.42 Å². The number of hydrogen-bond donors (Lipinski definition) is 0. The van der Waals surface area contributed by atoms with Crippen molar-refractivity contribution in [2.45, 2.75) is 6.42 Å². The molecule has 2 aromatic rings. The highest BCUT2D eigenvalue weighted by Gasteiger charge is 2.11. The topological polar surface area (TPSA) is 17.1 Å². The molecule has 2 aromatic carbocycles. The lowest BCUT2D eigenvalue weighted by Gasteiger charge is -2.05. The summed E-state index contributed by atoms with van der Waals surface area (Å²) in [6.45, 7) is 0. The van der Waals surface area contributed by atoms with Gasteiger partial charge in [0.05, 0.1) is 10.0 Å². The second-order valence-corrected chi connectivity index (χ2v) is 5.62. The minimum Gasteiger partial charge on any atom is -0.294 e. The number of carbonyl (C=O) groups is 1. The Balaban J connectivity index is 2.23. The molecule has 19 heavy (non-hydrogen) atoms. The zero-order valence-electron chi connectivity index (χ0n) is 9.59. The zero-order chi connectivity index (χ0) is 14.0. The molecule has 0 aromatic heterocycles. The van der Waals surface area contributed by atoms with Crippen molar-refractivity contribution in [2.75, 3.05) is 0 Å². The predicted octanol–water partition coefficient (Wildman–Crippen LogP) is 5.73. The highest BCUT2D eigenvalue weighted by atomic mass is 35.5. The SMILES string of the molecule is O=C(Cc1ccc(Cl)cc1Cl)c1ccc(Cl)c(Cl)c1. The van der Waals surface area contributed by atoms with Crippen LogP contribution in [0.4, 0.5) is 0 Å². The molecule has 0 radical (unpaired) electrons. The van der Waals surface area contributed by atoms with E-state index in [4.69, 9.17) is 46.4 Å². The number of carbonyl (C=O) groups excluding carboxylic acids is 1. The fraction of sp³-hybridized carbons (Fsp3) is 0.0714. The van der Waals surface area contributed by atoms with Gasteiger partial charge in [0.1, 0.15) is 0 Å². The van der Waals surface area contributed by atoms with Crippen LogP contribution in [0.5, 0.6) is 0 Å². The molecule has 0 amide bonds. The largest absolute Gasteiger partial charge is 0.294 e. The second-order valence-electron chi connectivity index (χ2n) is 3.96. The molecule has 0 fully saturated rings. The number of Topliss-reactive ketones (excluding diaryl/α,β-unsaturated/α-hetero) is 1. The van der Waals surface area contributed by atoms with Crippen LogP contribution in [0, 0.1) is 0 Å². The van der Waals surface area contributed by atoms with E-state index in [1.165, 1.54) is 0 Å². The van der Waals surface area contributed by atoms with E-state index in [0.717, 1.165) is 5.56 Å². The lowest BCUT2D eigenvalue weighted by atomic mass is 10.0. The molecule has 0 aliphatic heterocycles. The minimum absolute atomic E-state index is 0.0808. The van der Waals surface area contributed by atoms with E-state index in [1.807, 2.05) is 0 Å². The maximum absolute atomic E-state index is 12.1. The zero-order valence-corrected chi connectivity index (χ0v) is 12.6. The van der Waals surface area contributed by atoms with Gasteiger partial charge in [0.15, 0.2) is 5.78 Å². The average molecular weight is 334 g/mol. The maximum Gasteiger partial charge on any atom is 0.167 e. The highest BCUT2D eigenvalue weighted by molar-refractivity contribution is 6.42. The molecule has 0 heterocycles. The molecule has 1 nitrogen and oxygen atoms in total. The Bertz CT molecular complexity index is 637. The van der Waals surface area contributed by atoms with Gasteiger partial charge in [-0.1, -0.05) is 52.5 Å². The van der Waals surface area contributed by atoms with Gasteiger partial charge in [-0.2, -0.15) is 0 Å². The van der Waals surface area contributed by atoms with Crippen LogP contribution in [0.3, 0.4) is 0 Å². The summed E-state index contributed by atoms with van der Waals surface area (Å²) >= 11 is 23.5. The summed E-state index contributed by atoms with van der Waals surface area (Å²) in [7, 11) is 0. The summed E-state index contributed by atoms with van der Waals surface area (Å²) in [6.07, 6.45) is 0.188. The molecule has 0 spiro atoms. The van der Waals surface area contributed by atoms with E-state index < -0.39 is 0 Å². The van der Waals surface area contributed by atoms with Crippen LogP contribution < -0.4 is 0 Å². The van der Waals surface area contributed by atoms with Crippen molar-refractivity contribution < 1.29 is 4.79 Å². The molecule has 98 valence electrons. The molecule has 5 heteroatoms. The van der Waals surface area contributed by atoms with Gasteiger partial charge >= 0.3 is 0 Å². The molecule has 0 saturated carbocycles. The Kier molecular flexibility index (Phi) is 4.75. The average Bonchev–Trinajstić information content (AvgIpc) is 2.36. The third-order valence-corrected chi connectivity index (χ3v) is 3.93. The van der Waals surface area contributed by atoms with Gasteiger partial charge in [-0.05, 0) is 35.9 Å². The Hall–Kier alpha value is -0.730. The second kappa shape index (κ2) is 6.15. The van der Waals surface area contributed by atoms with Crippen LogP contribution in [0.2, 0.25) is 20.1 Å². The summed E-state index contributed by atoms with van der Waals surface area (Å²) < 4.78 is 0. The van der Waals surface area contributed by atoms with Crippen molar-refractivity contribution in [2.24, 2.45) is 0 Å². The fourth-order valence-electron chi connectivity index (χ4n) is 1.61. The molecule has 0 saturated heterocycles. The third kappa shape index (κ3) is 3.64. The Morgan fingerprint density at radius 2 is 1.58 bits per heavy atom. The van der Waals surface area contributed by atoms with Crippen molar-refractivity contribution in [3.63, 3.8) is 0 Å². The molecule has 2 rings (SSSR count). The molecule has 0 atom stereocenters. The Morgan fingerprint density at radius 3 is 2.21 bits per heavy atom. The summed E-state index contributed by atoms with van der Waals surface area (Å²) in [5.74, 6) is -0.0808. The first-order valence-corrected chi connectivity index (χ1v) is 6.91. The predicted molar refractivity (Wildman–Crippen MR) is 81.0 cm³/mol. The number of hydrogen-bond acceptors (Lipinski definition) is 1. The van der Waals surface area contributed by atoms with Crippen LogP contribution >= 0.6 is 46.4 Å².